The maximum Gasteiger partial charge on any atom is 0.111 e. The number of aliphatic hydroxyl groups excluding tert-OH is 5. The van der Waals surface area contributed by atoms with Crippen LogP contribution >= 0.6 is 0 Å². The maximum absolute atomic E-state index is 9.31. The molecule has 0 aromatic heterocycles. The zero-order chi connectivity index (χ0) is 11.8. The van der Waals surface area contributed by atoms with Gasteiger partial charge in [-0.25, -0.2) is 0 Å². The Bertz CT molecular complexity index is 174. The van der Waals surface area contributed by atoms with Crippen LogP contribution in [0.3, 0.4) is 0 Å². The Labute approximate surface area is 88.1 Å². The minimum Gasteiger partial charge on any atom is -0.394 e. The van der Waals surface area contributed by atoms with Crippen LogP contribution in [0.25, 0.3) is 0 Å². The Morgan fingerprint density at radius 2 is 1.60 bits per heavy atom. The number of aliphatic hydroxyl groups is 5. The normalized spacial score (nSPS) is 19.3. The van der Waals surface area contributed by atoms with Gasteiger partial charge in [-0.05, 0) is 0 Å². The van der Waals surface area contributed by atoms with Gasteiger partial charge < -0.3 is 30.3 Å². The highest BCUT2D eigenvalue weighted by atomic mass is 16.5. The lowest BCUT2D eigenvalue weighted by Crippen LogP contribution is -2.47. The molecule has 0 saturated heterocycles. The molecule has 0 amide bonds. The van der Waals surface area contributed by atoms with Crippen LogP contribution < -0.4 is 0 Å². The van der Waals surface area contributed by atoms with E-state index in [2.05, 4.69) is 6.58 Å². The maximum atomic E-state index is 9.31. The molecule has 0 bridgehead atoms. The molecule has 0 saturated carbocycles. The van der Waals surface area contributed by atoms with E-state index in [1.54, 1.807) is 0 Å². The summed E-state index contributed by atoms with van der Waals surface area (Å²) in [4.78, 5) is 0. The average molecular weight is 222 g/mol. The highest BCUT2D eigenvalue weighted by Crippen LogP contribution is 2.05. The first-order chi connectivity index (χ1) is 7.04. The van der Waals surface area contributed by atoms with Crippen LogP contribution in [0.5, 0.6) is 0 Å². The Morgan fingerprint density at radius 3 is 2.07 bits per heavy atom. The summed E-state index contributed by atoms with van der Waals surface area (Å²) in [6.07, 6.45) is -4.54. The third-order valence-electron chi connectivity index (χ3n) is 1.85. The van der Waals surface area contributed by atoms with Gasteiger partial charge in [0.15, 0.2) is 0 Å². The van der Waals surface area contributed by atoms with E-state index in [-0.39, 0.29) is 13.2 Å². The second kappa shape index (κ2) is 7.75. The lowest BCUT2D eigenvalue weighted by atomic mass is 10.0. The van der Waals surface area contributed by atoms with Crippen molar-refractivity contribution in [2.24, 2.45) is 0 Å². The van der Waals surface area contributed by atoms with Gasteiger partial charge in [-0.2, -0.15) is 0 Å². The Hall–Kier alpha value is -0.500. The number of hydrogen-bond acceptors (Lipinski definition) is 6. The molecule has 4 atom stereocenters. The van der Waals surface area contributed by atoms with Crippen molar-refractivity contribution < 1.29 is 30.3 Å². The molecule has 6 heteroatoms. The summed E-state index contributed by atoms with van der Waals surface area (Å²) in [5.74, 6) is 0. The second-order valence-corrected chi connectivity index (χ2v) is 3.12. The van der Waals surface area contributed by atoms with Crippen LogP contribution in [0.4, 0.5) is 0 Å². The zero-order valence-electron chi connectivity index (χ0n) is 8.36. The lowest BCUT2D eigenvalue weighted by molar-refractivity contribution is -0.127. The third kappa shape index (κ3) is 5.22. The van der Waals surface area contributed by atoms with Crippen molar-refractivity contribution in [1.82, 2.24) is 0 Å². The molecule has 0 radical (unpaired) electrons. The van der Waals surface area contributed by atoms with Crippen LogP contribution in [0.2, 0.25) is 0 Å². The van der Waals surface area contributed by atoms with Gasteiger partial charge in [0.25, 0.3) is 0 Å². The molecule has 0 fully saturated rings. The van der Waals surface area contributed by atoms with E-state index in [1.807, 2.05) is 0 Å². The molecule has 90 valence electrons. The third-order valence-corrected chi connectivity index (χ3v) is 1.85. The molecule has 0 unspecified atom stereocenters. The van der Waals surface area contributed by atoms with Crippen molar-refractivity contribution in [1.29, 1.82) is 0 Å². The summed E-state index contributed by atoms with van der Waals surface area (Å²) >= 11 is 0. The first-order valence-electron chi connectivity index (χ1n) is 4.56. The highest BCUT2D eigenvalue weighted by molar-refractivity contribution is 4.80. The molecule has 0 aromatic carbocycles. The molecule has 15 heavy (non-hydrogen) atoms. The van der Waals surface area contributed by atoms with Crippen molar-refractivity contribution in [2.45, 2.75) is 24.4 Å². The zero-order valence-corrected chi connectivity index (χ0v) is 8.36. The lowest BCUT2D eigenvalue weighted by Gasteiger charge is -2.25. The fourth-order valence-electron chi connectivity index (χ4n) is 0.934. The van der Waals surface area contributed by atoms with Gasteiger partial charge in [-0.15, -0.1) is 6.58 Å². The summed E-state index contributed by atoms with van der Waals surface area (Å²) in [5, 5.41) is 45.3. The monoisotopic (exact) mass is 222 g/mol. The van der Waals surface area contributed by atoms with Crippen LogP contribution in [0, 0.1) is 0 Å². The van der Waals surface area contributed by atoms with Gasteiger partial charge in [0.2, 0.25) is 0 Å². The van der Waals surface area contributed by atoms with Gasteiger partial charge in [-0.1, -0.05) is 6.08 Å². The molecule has 0 spiro atoms. The van der Waals surface area contributed by atoms with E-state index in [9.17, 15) is 15.3 Å². The Balaban J connectivity index is 3.95. The first kappa shape index (κ1) is 14.5. The van der Waals surface area contributed by atoms with Gasteiger partial charge in [0.05, 0.1) is 19.8 Å². The van der Waals surface area contributed by atoms with Crippen LogP contribution in [0.1, 0.15) is 0 Å². The smallest absolute Gasteiger partial charge is 0.111 e. The van der Waals surface area contributed by atoms with Crippen molar-refractivity contribution in [3.05, 3.63) is 12.7 Å². The first-order valence-corrected chi connectivity index (χ1v) is 4.56. The quantitative estimate of drug-likeness (QED) is 0.232. The van der Waals surface area contributed by atoms with Crippen molar-refractivity contribution >= 4 is 0 Å². The van der Waals surface area contributed by atoms with Crippen molar-refractivity contribution in [3.8, 4) is 0 Å². The van der Waals surface area contributed by atoms with E-state index >= 15 is 0 Å². The highest BCUT2D eigenvalue weighted by Gasteiger charge is 2.29. The van der Waals surface area contributed by atoms with Crippen molar-refractivity contribution in [3.63, 3.8) is 0 Å². The summed E-state index contributed by atoms with van der Waals surface area (Å²) in [5.41, 5.74) is 0. The van der Waals surface area contributed by atoms with Crippen LogP contribution in [-0.4, -0.2) is 69.8 Å². The second-order valence-electron chi connectivity index (χ2n) is 3.12. The molecule has 0 aliphatic rings. The number of ether oxygens (including phenoxy) is 1. The molecular formula is C9H18O6. The van der Waals surface area contributed by atoms with E-state index < -0.39 is 31.0 Å². The topological polar surface area (TPSA) is 110 Å². The molecular weight excluding hydrogens is 204 g/mol. The van der Waals surface area contributed by atoms with E-state index in [0.29, 0.717) is 0 Å². The predicted octanol–water partition coefficient (Wildman–Crippen LogP) is -2.38. The van der Waals surface area contributed by atoms with E-state index in [1.165, 1.54) is 6.08 Å². The number of rotatable bonds is 8. The summed E-state index contributed by atoms with van der Waals surface area (Å²) < 4.78 is 4.85. The summed E-state index contributed by atoms with van der Waals surface area (Å²) in [6.45, 7) is 2.71. The van der Waals surface area contributed by atoms with Gasteiger partial charge in [0.1, 0.15) is 24.4 Å². The molecule has 0 aliphatic heterocycles. The molecule has 0 rings (SSSR count). The average Bonchev–Trinajstić information content (AvgIpc) is 2.26. The molecule has 5 N–H and O–H groups in total. The van der Waals surface area contributed by atoms with Gasteiger partial charge in [0, 0.05) is 0 Å². The minimum atomic E-state index is -1.61. The van der Waals surface area contributed by atoms with E-state index in [0.717, 1.165) is 0 Å². The molecule has 0 heterocycles. The Morgan fingerprint density at radius 1 is 1.07 bits per heavy atom. The molecule has 0 aromatic rings. The number of hydrogen-bond donors (Lipinski definition) is 5. The fraction of sp³-hybridized carbons (Fsp3) is 0.778. The minimum absolute atomic E-state index is 0.192. The molecule has 0 aliphatic carbocycles. The van der Waals surface area contributed by atoms with Crippen molar-refractivity contribution in [2.75, 3.05) is 19.8 Å². The Kier molecular flexibility index (Phi) is 7.49. The van der Waals surface area contributed by atoms with Gasteiger partial charge in [-0.3, -0.25) is 0 Å². The van der Waals surface area contributed by atoms with E-state index in [4.69, 9.17) is 14.9 Å². The van der Waals surface area contributed by atoms with Gasteiger partial charge >= 0.3 is 0 Å². The van der Waals surface area contributed by atoms with Crippen LogP contribution in [-0.2, 0) is 4.74 Å². The standard InChI is InChI=1S/C9H18O6/c1-2-3-15-5-7(12)9(14)8(13)6(11)4-10/h2,6-14H,1,3-5H2/t6-,7+,8-,9-/m1/s1. The molecule has 6 nitrogen and oxygen atoms in total. The fourth-order valence-corrected chi connectivity index (χ4v) is 0.934. The SMILES string of the molecule is C=CCOC[C@H](O)[C@@H](O)[C@H](O)[C@H](O)CO. The summed E-state index contributed by atoms with van der Waals surface area (Å²) in [7, 11) is 0. The summed E-state index contributed by atoms with van der Waals surface area (Å²) in [6, 6.07) is 0. The predicted molar refractivity (Wildman–Crippen MR) is 52.1 cm³/mol. The largest absolute Gasteiger partial charge is 0.394 e. The van der Waals surface area contributed by atoms with Crippen LogP contribution in [0.15, 0.2) is 12.7 Å².